The second kappa shape index (κ2) is 9.69. The molecule has 0 N–H and O–H groups in total. The summed E-state index contributed by atoms with van der Waals surface area (Å²) in [6.45, 7) is 0.397. The molecule has 154 valence electrons. The number of hydrogen-bond acceptors (Lipinski definition) is 6. The van der Waals surface area contributed by atoms with Crippen molar-refractivity contribution in [1.29, 1.82) is 5.26 Å². The normalized spacial score (nSPS) is 12.7. The Morgan fingerprint density at radius 1 is 1.37 bits per heavy atom. The zero-order valence-electron chi connectivity index (χ0n) is 16.5. The predicted octanol–water partition coefficient (Wildman–Crippen LogP) is 1.92. The van der Waals surface area contributed by atoms with Gasteiger partial charge in [0.2, 0.25) is 5.78 Å². The lowest BCUT2D eigenvalue weighted by Gasteiger charge is -2.03. The van der Waals surface area contributed by atoms with Gasteiger partial charge in [0.25, 0.3) is 5.56 Å². The van der Waals surface area contributed by atoms with E-state index in [0.29, 0.717) is 15.7 Å². The first kappa shape index (κ1) is 21.7. The van der Waals surface area contributed by atoms with Gasteiger partial charge < -0.3 is 0 Å². The maximum absolute atomic E-state index is 13.2. The molecular weight excluding hydrogens is 423 g/mol. The average Bonchev–Trinajstić information content (AvgIpc) is 3.27. The van der Waals surface area contributed by atoms with E-state index in [9.17, 15) is 19.2 Å². The van der Waals surface area contributed by atoms with E-state index in [0.717, 1.165) is 29.1 Å². The molecule has 0 atom stereocenters. The quantitative estimate of drug-likeness (QED) is 0.413. The number of nitriles is 1. The molecule has 30 heavy (non-hydrogen) atoms. The highest BCUT2D eigenvalue weighted by Gasteiger charge is 2.17. The van der Waals surface area contributed by atoms with Crippen molar-refractivity contribution >= 4 is 40.5 Å². The molecule has 0 saturated heterocycles. The van der Waals surface area contributed by atoms with Gasteiger partial charge in [-0.3, -0.25) is 18.8 Å². The number of nitrogens with zero attached hydrogens (tertiary/aromatic N) is 4. The van der Waals surface area contributed by atoms with Crippen LogP contribution in [0.3, 0.4) is 0 Å². The summed E-state index contributed by atoms with van der Waals surface area (Å²) < 4.78 is 17.1. The van der Waals surface area contributed by atoms with Crippen molar-refractivity contribution in [2.45, 2.75) is 13.0 Å². The van der Waals surface area contributed by atoms with E-state index >= 15 is 0 Å². The lowest BCUT2D eigenvalue weighted by molar-refractivity contribution is 0.105. The third kappa shape index (κ3) is 4.78. The molecule has 0 spiro atoms. The monoisotopic (exact) mass is 442 g/mol. The average molecular weight is 443 g/mol. The van der Waals surface area contributed by atoms with Crippen LogP contribution < -0.4 is 14.8 Å². The van der Waals surface area contributed by atoms with Gasteiger partial charge in [0, 0.05) is 30.9 Å². The van der Waals surface area contributed by atoms with E-state index in [4.69, 9.17) is 0 Å². The number of carbonyl (C=O) groups is 1. The minimum absolute atomic E-state index is 0.126. The minimum Gasteiger partial charge on any atom is -0.298 e. The number of halogens is 1. The maximum Gasteiger partial charge on any atom is 0.269 e. The molecule has 0 fully saturated rings. The molecule has 2 heterocycles. The Morgan fingerprint density at radius 3 is 2.70 bits per heavy atom. The Hall–Kier alpha value is -2.96. The zero-order valence-corrected chi connectivity index (χ0v) is 18.1. The van der Waals surface area contributed by atoms with Crippen molar-refractivity contribution in [3.8, 4) is 6.07 Å². The molecule has 2 aromatic heterocycles. The standard InChI is InChI=1S/C21H19FN4O2S2/c1-25-13-14(12-24-25)10-18-20(28)26(8-3-9-29-2)21(30-18)17(11-23)19(27)15-4-6-16(22)7-5-15/h4-7,10,12-13H,3,8-9H2,1-2H3/b18-10-,21-17-. The minimum atomic E-state index is -0.537. The number of carbonyl (C=O) groups excluding carboxylic acids is 1. The van der Waals surface area contributed by atoms with E-state index in [1.165, 1.54) is 28.8 Å². The topological polar surface area (TPSA) is 80.7 Å². The highest BCUT2D eigenvalue weighted by molar-refractivity contribution is 7.98. The first-order chi connectivity index (χ1) is 14.4. The van der Waals surface area contributed by atoms with Crippen LogP contribution in [0.1, 0.15) is 22.3 Å². The summed E-state index contributed by atoms with van der Waals surface area (Å²) >= 11 is 2.76. The highest BCUT2D eigenvalue weighted by Crippen LogP contribution is 2.10. The van der Waals surface area contributed by atoms with Crippen molar-refractivity contribution in [3.63, 3.8) is 0 Å². The second-order valence-electron chi connectivity index (χ2n) is 6.49. The largest absolute Gasteiger partial charge is 0.298 e. The number of hydrogen-bond donors (Lipinski definition) is 0. The van der Waals surface area contributed by atoms with E-state index in [1.54, 1.807) is 42.0 Å². The molecule has 0 amide bonds. The van der Waals surface area contributed by atoms with Crippen LogP contribution in [0.25, 0.3) is 11.6 Å². The van der Waals surface area contributed by atoms with Gasteiger partial charge in [-0.1, -0.05) is 0 Å². The van der Waals surface area contributed by atoms with Gasteiger partial charge in [0.05, 0.1) is 10.7 Å². The fourth-order valence-corrected chi connectivity index (χ4v) is 4.43. The number of thioether (sulfide) groups is 1. The summed E-state index contributed by atoms with van der Waals surface area (Å²) in [4.78, 5) is 26.0. The summed E-state index contributed by atoms with van der Waals surface area (Å²) in [7, 11) is 1.78. The molecular formula is C21H19FN4O2S2. The summed E-state index contributed by atoms with van der Waals surface area (Å²) in [5.41, 5.74) is 0.572. The smallest absolute Gasteiger partial charge is 0.269 e. The number of benzene rings is 1. The maximum atomic E-state index is 13.2. The SMILES string of the molecule is CSCCCn1c(=O)/c(=C/c2cnn(C)c2)s/c1=C(/C#N)C(=O)c1ccc(F)cc1. The Kier molecular flexibility index (Phi) is 7.03. The van der Waals surface area contributed by atoms with E-state index in [2.05, 4.69) is 5.10 Å². The van der Waals surface area contributed by atoms with Gasteiger partial charge in [0.15, 0.2) is 0 Å². The van der Waals surface area contributed by atoms with E-state index < -0.39 is 11.6 Å². The predicted molar refractivity (Wildman–Crippen MR) is 117 cm³/mol. The van der Waals surface area contributed by atoms with Gasteiger partial charge in [0.1, 0.15) is 22.1 Å². The first-order valence-corrected chi connectivity index (χ1v) is 11.3. The van der Waals surface area contributed by atoms with Crippen LogP contribution in [-0.2, 0) is 13.6 Å². The molecule has 1 aromatic carbocycles. The molecule has 3 aromatic rings. The molecule has 0 radical (unpaired) electrons. The van der Waals surface area contributed by atoms with E-state index in [-0.39, 0.29) is 16.7 Å². The summed E-state index contributed by atoms with van der Waals surface area (Å²) in [5.74, 6) is -0.161. The van der Waals surface area contributed by atoms with Crippen LogP contribution in [0, 0.1) is 17.1 Å². The van der Waals surface area contributed by atoms with Crippen LogP contribution in [0.4, 0.5) is 4.39 Å². The molecule has 0 saturated carbocycles. The van der Waals surface area contributed by atoms with Crippen LogP contribution in [0.5, 0.6) is 0 Å². The van der Waals surface area contributed by atoms with Crippen LogP contribution in [0.15, 0.2) is 41.5 Å². The number of aromatic nitrogens is 3. The molecule has 3 rings (SSSR count). The van der Waals surface area contributed by atoms with Crippen LogP contribution in [0.2, 0.25) is 0 Å². The number of Topliss-reactive ketones (excluding diaryl/α,β-unsaturated/α-hetero) is 1. The lowest BCUT2D eigenvalue weighted by Crippen LogP contribution is -2.33. The van der Waals surface area contributed by atoms with Crippen molar-refractivity contribution in [2.75, 3.05) is 12.0 Å². The van der Waals surface area contributed by atoms with Crippen LogP contribution in [-0.4, -0.2) is 32.1 Å². The number of rotatable bonds is 7. The first-order valence-electron chi connectivity index (χ1n) is 9.08. The lowest BCUT2D eigenvalue weighted by atomic mass is 10.1. The van der Waals surface area contributed by atoms with Gasteiger partial charge in [-0.05, 0) is 48.8 Å². The fourth-order valence-electron chi connectivity index (χ4n) is 2.88. The van der Waals surface area contributed by atoms with Gasteiger partial charge in [-0.2, -0.15) is 22.1 Å². The number of thiazole rings is 1. The summed E-state index contributed by atoms with van der Waals surface area (Å²) in [6, 6.07) is 6.97. The molecule has 6 nitrogen and oxygen atoms in total. The molecule has 9 heteroatoms. The zero-order chi connectivity index (χ0) is 21.7. The fraction of sp³-hybridized carbons (Fsp3) is 0.238. The van der Waals surface area contributed by atoms with Gasteiger partial charge in [-0.25, -0.2) is 4.39 Å². The third-order valence-electron chi connectivity index (χ3n) is 4.32. The third-order valence-corrected chi connectivity index (χ3v) is 6.15. The second-order valence-corrected chi connectivity index (χ2v) is 8.51. The Bertz CT molecular complexity index is 1280. The molecule has 0 aliphatic heterocycles. The number of ketones is 1. The van der Waals surface area contributed by atoms with Crippen molar-refractivity contribution in [1.82, 2.24) is 14.3 Å². The Labute approximate surface area is 180 Å². The highest BCUT2D eigenvalue weighted by atomic mass is 32.2. The van der Waals surface area contributed by atoms with Gasteiger partial charge in [-0.15, -0.1) is 11.3 Å². The molecule has 0 unspecified atom stereocenters. The van der Waals surface area contributed by atoms with E-state index in [1.807, 2.05) is 12.3 Å². The van der Waals surface area contributed by atoms with Crippen LogP contribution >= 0.6 is 23.1 Å². The Morgan fingerprint density at radius 2 is 2.10 bits per heavy atom. The summed E-state index contributed by atoms with van der Waals surface area (Å²) in [6.07, 6.45) is 7.81. The van der Waals surface area contributed by atoms with Crippen molar-refractivity contribution in [3.05, 3.63) is 73.2 Å². The summed E-state index contributed by atoms with van der Waals surface area (Å²) in [5, 5.41) is 13.8. The number of aryl methyl sites for hydroxylation is 1. The molecule has 0 bridgehead atoms. The molecule has 0 aliphatic rings. The Balaban J connectivity index is 2.21. The molecule has 0 aliphatic carbocycles. The van der Waals surface area contributed by atoms with Crippen molar-refractivity contribution < 1.29 is 9.18 Å². The van der Waals surface area contributed by atoms with Crippen molar-refractivity contribution in [2.24, 2.45) is 7.05 Å². The van der Waals surface area contributed by atoms with Gasteiger partial charge >= 0.3 is 0 Å².